The number of aromatic nitrogens is 2. The summed E-state index contributed by atoms with van der Waals surface area (Å²) in [5.41, 5.74) is 0.698. The van der Waals surface area contributed by atoms with E-state index in [1.807, 2.05) is 23.6 Å². The summed E-state index contributed by atoms with van der Waals surface area (Å²) in [5, 5.41) is 0. The van der Waals surface area contributed by atoms with Crippen molar-refractivity contribution in [3.63, 3.8) is 0 Å². The van der Waals surface area contributed by atoms with Crippen molar-refractivity contribution < 1.29 is 9.59 Å². The van der Waals surface area contributed by atoms with Gasteiger partial charge in [0.05, 0.1) is 5.69 Å². The number of carbonyl (C=O) groups excluding carboxylic acids is 2. The van der Waals surface area contributed by atoms with Gasteiger partial charge in [-0.2, -0.15) is 0 Å². The normalized spacial score (nSPS) is 24.0. The highest BCUT2D eigenvalue weighted by Gasteiger charge is 2.35. The lowest BCUT2D eigenvalue weighted by Gasteiger charge is -2.34. The van der Waals surface area contributed by atoms with Gasteiger partial charge in [0.15, 0.2) is 0 Å². The minimum absolute atomic E-state index is 0.0370. The van der Waals surface area contributed by atoms with Crippen LogP contribution in [0.25, 0.3) is 0 Å². The second kappa shape index (κ2) is 8.90. The molecule has 1 saturated carbocycles. The number of rotatable bonds is 5. The molecule has 7 heteroatoms. The second-order valence-electron chi connectivity index (χ2n) is 9.36. The first kappa shape index (κ1) is 21.1. The first-order valence-corrected chi connectivity index (χ1v) is 11.6. The van der Waals surface area contributed by atoms with Crippen LogP contribution in [0, 0.1) is 11.8 Å². The van der Waals surface area contributed by atoms with Crippen molar-refractivity contribution in [2.24, 2.45) is 11.8 Å². The van der Waals surface area contributed by atoms with E-state index in [4.69, 9.17) is 4.98 Å². The van der Waals surface area contributed by atoms with E-state index in [-0.39, 0.29) is 35.1 Å². The van der Waals surface area contributed by atoms with E-state index in [1.54, 1.807) is 6.07 Å². The lowest BCUT2D eigenvalue weighted by atomic mass is 9.92. The van der Waals surface area contributed by atoms with Crippen LogP contribution in [0.2, 0.25) is 0 Å². The minimum Gasteiger partial charge on any atom is -0.342 e. The number of H-pyrrole nitrogens is 1. The second-order valence-corrected chi connectivity index (χ2v) is 9.36. The maximum atomic E-state index is 12.6. The monoisotopic (exact) mass is 414 g/mol. The lowest BCUT2D eigenvalue weighted by Crippen LogP contribution is -2.42. The van der Waals surface area contributed by atoms with Gasteiger partial charge >= 0.3 is 0 Å². The number of piperidine rings is 2. The molecule has 164 valence electrons. The molecule has 0 aromatic carbocycles. The molecule has 2 saturated heterocycles. The van der Waals surface area contributed by atoms with Gasteiger partial charge in [0, 0.05) is 55.9 Å². The molecule has 3 fully saturated rings. The number of carbonyl (C=O) groups is 2. The summed E-state index contributed by atoms with van der Waals surface area (Å²) in [4.78, 5) is 49.1. The van der Waals surface area contributed by atoms with Crippen molar-refractivity contribution in [1.29, 1.82) is 0 Å². The molecule has 0 radical (unpaired) electrons. The van der Waals surface area contributed by atoms with Crippen LogP contribution in [0.5, 0.6) is 0 Å². The Bertz CT molecular complexity index is 839. The molecule has 2 amide bonds. The standard InChI is InChI=1S/C23H34N4O3/c1-3-15(2)22(29)27-10-4-5-18(14-27)19-13-20(28)25-21(24-19)16-8-11-26(12-9-16)23(30)17-6-7-17/h13,15-18H,3-12,14H2,1-2H3,(H,24,25,28)/t15-,18+/m1/s1. The van der Waals surface area contributed by atoms with Crippen LogP contribution in [0.3, 0.4) is 0 Å². The summed E-state index contributed by atoms with van der Waals surface area (Å²) in [7, 11) is 0. The SMILES string of the molecule is CC[C@@H](C)C(=O)N1CCC[C@H](c2cc(=O)[nH]c(C3CCN(C(=O)C4CC4)CC3)n2)C1. The van der Waals surface area contributed by atoms with Crippen molar-refractivity contribution in [3.8, 4) is 0 Å². The maximum absolute atomic E-state index is 12.6. The third kappa shape index (κ3) is 4.60. The first-order valence-electron chi connectivity index (χ1n) is 11.6. The summed E-state index contributed by atoms with van der Waals surface area (Å²) < 4.78 is 0. The smallest absolute Gasteiger partial charge is 0.251 e. The van der Waals surface area contributed by atoms with E-state index >= 15 is 0 Å². The van der Waals surface area contributed by atoms with Crippen molar-refractivity contribution >= 4 is 11.8 Å². The van der Waals surface area contributed by atoms with Crippen LogP contribution >= 0.6 is 0 Å². The van der Waals surface area contributed by atoms with Crippen LogP contribution in [0.1, 0.15) is 82.1 Å². The van der Waals surface area contributed by atoms with E-state index in [2.05, 4.69) is 4.98 Å². The van der Waals surface area contributed by atoms with E-state index in [0.717, 1.165) is 76.1 Å². The average Bonchev–Trinajstić information content (AvgIpc) is 3.63. The van der Waals surface area contributed by atoms with Gasteiger partial charge in [-0.15, -0.1) is 0 Å². The molecule has 3 aliphatic rings. The molecule has 2 atom stereocenters. The summed E-state index contributed by atoms with van der Waals surface area (Å²) >= 11 is 0. The van der Waals surface area contributed by atoms with Crippen molar-refractivity contribution in [2.75, 3.05) is 26.2 Å². The van der Waals surface area contributed by atoms with Crippen LogP contribution in [0.15, 0.2) is 10.9 Å². The Morgan fingerprint density at radius 2 is 1.83 bits per heavy atom. The first-order chi connectivity index (χ1) is 14.5. The average molecular weight is 415 g/mol. The highest BCUT2D eigenvalue weighted by molar-refractivity contribution is 5.81. The zero-order valence-corrected chi connectivity index (χ0v) is 18.2. The Morgan fingerprint density at radius 3 is 2.50 bits per heavy atom. The maximum Gasteiger partial charge on any atom is 0.251 e. The number of nitrogens with one attached hydrogen (secondary N) is 1. The van der Waals surface area contributed by atoms with Gasteiger partial charge in [0.25, 0.3) is 5.56 Å². The van der Waals surface area contributed by atoms with Gasteiger partial charge < -0.3 is 14.8 Å². The summed E-state index contributed by atoms with van der Waals surface area (Å²) in [6.07, 6.45) is 6.49. The number of amides is 2. The molecule has 1 N–H and O–H groups in total. The topological polar surface area (TPSA) is 86.4 Å². The summed E-state index contributed by atoms with van der Waals surface area (Å²) in [6.45, 7) is 6.95. The predicted octanol–water partition coefficient (Wildman–Crippen LogP) is 2.64. The zero-order chi connectivity index (χ0) is 21.3. The minimum atomic E-state index is -0.114. The Morgan fingerprint density at radius 1 is 1.10 bits per heavy atom. The molecular weight excluding hydrogens is 380 g/mol. The fraction of sp³-hybridized carbons (Fsp3) is 0.739. The van der Waals surface area contributed by atoms with Crippen molar-refractivity contribution in [1.82, 2.24) is 19.8 Å². The van der Waals surface area contributed by atoms with Crippen LogP contribution in [-0.4, -0.2) is 57.8 Å². The molecule has 0 spiro atoms. The highest BCUT2D eigenvalue weighted by atomic mass is 16.2. The van der Waals surface area contributed by atoms with E-state index in [9.17, 15) is 14.4 Å². The molecule has 1 aromatic heterocycles. The van der Waals surface area contributed by atoms with Gasteiger partial charge in [0.1, 0.15) is 5.82 Å². The van der Waals surface area contributed by atoms with Gasteiger partial charge in [-0.05, 0) is 44.9 Å². The molecule has 30 heavy (non-hydrogen) atoms. The fourth-order valence-corrected chi connectivity index (χ4v) is 4.77. The quantitative estimate of drug-likeness (QED) is 0.802. The lowest BCUT2D eigenvalue weighted by molar-refractivity contribution is -0.136. The molecule has 1 aliphatic carbocycles. The third-order valence-electron chi connectivity index (χ3n) is 7.09. The third-order valence-corrected chi connectivity index (χ3v) is 7.09. The molecule has 0 bridgehead atoms. The number of hydrogen-bond acceptors (Lipinski definition) is 4. The van der Waals surface area contributed by atoms with E-state index in [1.165, 1.54) is 0 Å². The Labute approximate surface area is 178 Å². The highest BCUT2D eigenvalue weighted by Crippen LogP contribution is 2.34. The summed E-state index contributed by atoms with van der Waals surface area (Å²) in [5.74, 6) is 1.86. The molecule has 1 aromatic rings. The van der Waals surface area contributed by atoms with Crippen LogP contribution in [-0.2, 0) is 9.59 Å². The van der Waals surface area contributed by atoms with Gasteiger partial charge in [0.2, 0.25) is 11.8 Å². The Balaban J connectivity index is 1.44. The molecule has 2 aliphatic heterocycles. The summed E-state index contributed by atoms with van der Waals surface area (Å²) in [6, 6.07) is 1.61. The predicted molar refractivity (Wildman–Crippen MR) is 114 cm³/mol. The zero-order valence-electron chi connectivity index (χ0n) is 18.2. The van der Waals surface area contributed by atoms with Crippen molar-refractivity contribution in [2.45, 2.75) is 70.6 Å². The number of nitrogens with zero attached hydrogens (tertiary/aromatic N) is 3. The largest absolute Gasteiger partial charge is 0.342 e. The van der Waals surface area contributed by atoms with Gasteiger partial charge in [-0.1, -0.05) is 13.8 Å². The van der Waals surface area contributed by atoms with Crippen LogP contribution in [0.4, 0.5) is 0 Å². The van der Waals surface area contributed by atoms with Gasteiger partial charge in [-0.3, -0.25) is 14.4 Å². The molecule has 4 rings (SSSR count). The molecule has 7 nitrogen and oxygen atoms in total. The van der Waals surface area contributed by atoms with E-state index < -0.39 is 0 Å². The van der Waals surface area contributed by atoms with Crippen LogP contribution < -0.4 is 5.56 Å². The molecular formula is C23H34N4O3. The number of aromatic amines is 1. The molecule has 3 heterocycles. The Hall–Kier alpha value is -2.18. The fourth-order valence-electron chi connectivity index (χ4n) is 4.77. The van der Waals surface area contributed by atoms with Gasteiger partial charge in [-0.25, -0.2) is 4.98 Å². The molecule has 0 unspecified atom stereocenters. The number of hydrogen-bond donors (Lipinski definition) is 1. The Kier molecular flexibility index (Phi) is 6.25. The van der Waals surface area contributed by atoms with Crippen molar-refractivity contribution in [3.05, 3.63) is 27.9 Å². The van der Waals surface area contributed by atoms with E-state index in [0.29, 0.717) is 12.5 Å². The number of likely N-dealkylation sites (tertiary alicyclic amines) is 2.